The van der Waals surface area contributed by atoms with Gasteiger partial charge in [0.2, 0.25) is 0 Å². The summed E-state index contributed by atoms with van der Waals surface area (Å²) in [6.45, 7) is 3.86. The highest BCUT2D eigenvalue weighted by Gasteiger charge is 1.98. The molecule has 0 aliphatic heterocycles. The molecule has 0 atom stereocenters. The van der Waals surface area contributed by atoms with E-state index in [-0.39, 0.29) is 0 Å². The van der Waals surface area contributed by atoms with Crippen molar-refractivity contribution in [1.82, 2.24) is 15.3 Å². The minimum Gasteiger partial charge on any atom is -0.306 e. The zero-order valence-electron chi connectivity index (χ0n) is 9.31. The van der Waals surface area contributed by atoms with Gasteiger partial charge >= 0.3 is 0 Å². The number of thiophene rings is 1. The summed E-state index contributed by atoms with van der Waals surface area (Å²) >= 11 is 1.87. The fourth-order valence-electron chi connectivity index (χ4n) is 1.44. The Morgan fingerprint density at radius 1 is 1.19 bits per heavy atom. The lowest BCUT2D eigenvalue weighted by Crippen LogP contribution is -2.12. The van der Waals surface area contributed by atoms with Crippen molar-refractivity contribution in [1.29, 1.82) is 0 Å². The van der Waals surface area contributed by atoms with Gasteiger partial charge in [-0.15, -0.1) is 11.3 Å². The number of nitrogens with zero attached hydrogens (tertiary/aromatic N) is 2. The van der Waals surface area contributed by atoms with Crippen LogP contribution in [-0.2, 0) is 19.5 Å². The van der Waals surface area contributed by atoms with Crippen LogP contribution in [0.3, 0.4) is 0 Å². The van der Waals surface area contributed by atoms with Crippen molar-refractivity contribution >= 4 is 11.3 Å². The van der Waals surface area contributed by atoms with Crippen LogP contribution < -0.4 is 5.32 Å². The van der Waals surface area contributed by atoms with Gasteiger partial charge in [-0.25, -0.2) is 0 Å². The van der Waals surface area contributed by atoms with Crippen LogP contribution in [0.4, 0.5) is 0 Å². The maximum absolute atomic E-state index is 4.21. The molecule has 0 amide bonds. The zero-order chi connectivity index (χ0) is 11.2. The molecule has 0 aliphatic rings. The molecule has 0 bridgehead atoms. The number of hydrogen-bond donors (Lipinski definition) is 1. The molecule has 0 saturated carbocycles. The molecule has 0 aromatic carbocycles. The molecule has 2 aromatic rings. The Balaban J connectivity index is 1.80. The minimum atomic E-state index is 0.771. The summed E-state index contributed by atoms with van der Waals surface area (Å²) in [5, 5.41) is 3.36. The van der Waals surface area contributed by atoms with Crippen molar-refractivity contribution in [3.8, 4) is 0 Å². The average Bonchev–Trinajstić information content (AvgIpc) is 2.78. The quantitative estimate of drug-likeness (QED) is 0.861. The van der Waals surface area contributed by atoms with E-state index in [0.29, 0.717) is 0 Å². The van der Waals surface area contributed by atoms with Gasteiger partial charge in [-0.3, -0.25) is 9.97 Å². The van der Waals surface area contributed by atoms with Gasteiger partial charge in [-0.2, -0.15) is 0 Å². The zero-order valence-corrected chi connectivity index (χ0v) is 10.1. The van der Waals surface area contributed by atoms with Gasteiger partial charge in [-0.05, 0) is 18.6 Å². The molecule has 16 heavy (non-hydrogen) atoms. The van der Waals surface area contributed by atoms with Gasteiger partial charge < -0.3 is 5.32 Å². The van der Waals surface area contributed by atoms with Gasteiger partial charge in [0.05, 0.1) is 5.69 Å². The van der Waals surface area contributed by atoms with Crippen LogP contribution in [0.15, 0.2) is 30.7 Å². The molecule has 2 aromatic heterocycles. The molecule has 0 spiro atoms. The highest BCUT2D eigenvalue weighted by atomic mass is 32.1. The van der Waals surface area contributed by atoms with E-state index in [9.17, 15) is 0 Å². The number of hydrogen-bond acceptors (Lipinski definition) is 4. The number of aryl methyl sites for hydroxylation is 1. The second-order valence-corrected chi connectivity index (χ2v) is 4.77. The maximum Gasteiger partial charge on any atom is 0.0724 e. The van der Waals surface area contributed by atoms with E-state index in [1.54, 1.807) is 18.6 Å². The molecule has 1 N–H and O–H groups in total. The smallest absolute Gasteiger partial charge is 0.0724 e. The maximum atomic E-state index is 4.21. The van der Waals surface area contributed by atoms with Crippen LogP contribution in [0.5, 0.6) is 0 Å². The van der Waals surface area contributed by atoms with Gasteiger partial charge in [-0.1, -0.05) is 6.92 Å². The lowest BCUT2D eigenvalue weighted by atomic mass is 10.3. The molecule has 4 heteroatoms. The molecule has 3 nitrogen and oxygen atoms in total. The van der Waals surface area contributed by atoms with E-state index >= 15 is 0 Å². The third-order valence-electron chi connectivity index (χ3n) is 2.29. The number of aromatic nitrogens is 2. The van der Waals surface area contributed by atoms with E-state index < -0.39 is 0 Å². The summed E-state index contributed by atoms with van der Waals surface area (Å²) in [6.07, 6.45) is 6.32. The summed E-state index contributed by atoms with van der Waals surface area (Å²) in [6, 6.07) is 4.39. The highest BCUT2D eigenvalue weighted by Crippen LogP contribution is 2.16. The molecule has 0 aliphatic carbocycles. The Morgan fingerprint density at radius 3 is 2.75 bits per heavy atom. The third-order valence-corrected chi connectivity index (χ3v) is 3.52. The van der Waals surface area contributed by atoms with Crippen LogP contribution in [0, 0.1) is 0 Å². The molecule has 0 fully saturated rings. The predicted octanol–water partition coefficient (Wildman–Crippen LogP) is 2.39. The van der Waals surface area contributed by atoms with E-state index in [1.807, 2.05) is 11.3 Å². The fourth-order valence-corrected chi connectivity index (χ4v) is 2.37. The Labute approximate surface area is 99.6 Å². The standard InChI is InChI=1S/C12H15N3S/c1-2-11-3-4-12(16-11)9-14-8-10-7-13-5-6-15-10/h3-7,14H,2,8-9H2,1H3. The third kappa shape index (κ3) is 3.12. The van der Waals surface area contributed by atoms with E-state index in [1.165, 1.54) is 9.75 Å². The molecule has 2 heterocycles. The van der Waals surface area contributed by atoms with Crippen LogP contribution in [0.2, 0.25) is 0 Å². The van der Waals surface area contributed by atoms with E-state index in [4.69, 9.17) is 0 Å². The summed E-state index contributed by atoms with van der Waals surface area (Å²) < 4.78 is 0. The second-order valence-electron chi connectivity index (χ2n) is 3.52. The normalized spacial score (nSPS) is 10.6. The van der Waals surface area contributed by atoms with Crippen molar-refractivity contribution in [2.75, 3.05) is 0 Å². The summed E-state index contributed by atoms with van der Waals surface area (Å²) in [4.78, 5) is 11.1. The van der Waals surface area contributed by atoms with Crippen LogP contribution in [0.1, 0.15) is 22.4 Å². The van der Waals surface area contributed by atoms with Crippen LogP contribution in [0.25, 0.3) is 0 Å². The van der Waals surface area contributed by atoms with Crippen molar-refractivity contribution in [3.63, 3.8) is 0 Å². The molecule has 0 radical (unpaired) electrons. The summed E-state index contributed by atoms with van der Waals surface area (Å²) in [5.41, 5.74) is 0.981. The largest absolute Gasteiger partial charge is 0.306 e. The Kier molecular flexibility index (Phi) is 4.02. The SMILES string of the molecule is CCc1ccc(CNCc2cnccn2)s1. The Morgan fingerprint density at radius 2 is 2.06 bits per heavy atom. The van der Waals surface area contributed by atoms with Crippen molar-refractivity contribution in [2.45, 2.75) is 26.4 Å². The van der Waals surface area contributed by atoms with Crippen molar-refractivity contribution in [3.05, 3.63) is 46.2 Å². The van der Waals surface area contributed by atoms with Crippen molar-refractivity contribution < 1.29 is 0 Å². The Bertz CT molecular complexity index is 425. The van der Waals surface area contributed by atoms with Gasteiger partial charge in [0.1, 0.15) is 0 Å². The average molecular weight is 233 g/mol. The lowest BCUT2D eigenvalue weighted by molar-refractivity contribution is 0.683. The van der Waals surface area contributed by atoms with E-state index in [0.717, 1.165) is 25.2 Å². The lowest BCUT2D eigenvalue weighted by Gasteiger charge is -2.01. The summed E-state index contributed by atoms with van der Waals surface area (Å²) in [5.74, 6) is 0. The molecular weight excluding hydrogens is 218 g/mol. The summed E-state index contributed by atoms with van der Waals surface area (Å²) in [7, 11) is 0. The van der Waals surface area contributed by atoms with Crippen molar-refractivity contribution in [2.24, 2.45) is 0 Å². The number of nitrogens with one attached hydrogen (secondary N) is 1. The number of rotatable bonds is 5. The van der Waals surface area contributed by atoms with Crippen LogP contribution in [-0.4, -0.2) is 9.97 Å². The predicted molar refractivity (Wildman–Crippen MR) is 66.3 cm³/mol. The molecule has 0 saturated heterocycles. The van der Waals surface area contributed by atoms with Gasteiger partial charge in [0, 0.05) is 41.4 Å². The van der Waals surface area contributed by atoms with Gasteiger partial charge in [0.25, 0.3) is 0 Å². The van der Waals surface area contributed by atoms with E-state index in [2.05, 4.69) is 34.3 Å². The highest BCUT2D eigenvalue weighted by molar-refractivity contribution is 7.11. The van der Waals surface area contributed by atoms with Crippen LogP contribution >= 0.6 is 11.3 Å². The second kappa shape index (κ2) is 5.72. The monoisotopic (exact) mass is 233 g/mol. The first kappa shape index (κ1) is 11.2. The first-order chi connectivity index (χ1) is 7.88. The first-order valence-corrected chi connectivity index (χ1v) is 6.23. The fraction of sp³-hybridized carbons (Fsp3) is 0.333. The minimum absolute atomic E-state index is 0.771. The molecule has 0 unspecified atom stereocenters. The van der Waals surface area contributed by atoms with Gasteiger partial charge in [0.15, 0.2) is 0 Å². The molecule has 2 rings (SSSR count). The molecular formula is C12H15N3S. The Hall–Kier alpha value is -1.26. The topological polar surface area (TPSA) is 37.8 Å². The first-order valence-electron chi connectivity index (χ1n) is 5.41. The molecule has 84 valence electrons.